The highest BCUT2D eigenvalue weighted by Gasteiger charge is 2.11. The maximum Gasteiger partial charge on any atom is 0.0991 e. The molecule has 3 aromatic rings. The molecule has 1 aliphatic heterocycles. The van der Waals surface area contributed by atoms with Gasteiger partial charge in [-0.25, -0.2) is 0 Å². The Morgan fingerprint density at radius 3 is 2.44 bits per heavy atom. The third-order valence-corrected chi connectivity index (χ3v) is 6.21. The van der Waals surface area contributed by atoms with Crippen molar-refractivity contribution >= 4 is 10.8 Å². The van der Waals surface area contributed by atoms with Crippen LogP contribution in [0.3, 0.4) is 0 Å². The number of hydrogen-bond acceptors (Lipinski definition) is 4. The lowest BCUT2D eigenvalue weighted by atomic mass is 10.0. The average molecular weight is 430 g/mol. The topological polar surface area (TPSA) is 50.5 Å². The van der Waals surface area contributed by atoms with Crippen LogP contribution in [-0.4, -0.2) is 54.2 Å². The van der Waals surface area contributed by atoms with Crippen LogP contribution in [0.25, 0.3) is 10.8 Å². The van der Waals surface area contributed by atoms with Gasteiger partial charge in [0.25, 0.3) is 0 Å². The minimum atomic E-state index is 0.221. The molecule has 0 saturated carbocycles. The third kappa shape index (κ3) is 7.17. The third-order valence-electron chi connectivity index (χ3n) is 6.21. The molecule has 0 spiro atoms. The van der Waals surface area contributed by atoms with Gasteiger partial charge in [0.2, 0.25) is 0 Å². The summed E-state index contributed by atoms with van der Waals surface area (Å²) < 4.78 is 0. The highest BCUT2D eigenvalue weighted by Crippen LogP contribution is 2.17. The number of rotatable bonds is 7. The van der Waals surface area contributed by atoms with Gasteiger partial charge in [-0.3, -0.25) is 4.90 Å². The Balaban J connectivity index is 0.000000186. The van der Waals surface area contributed by atoms with Crippen LogP contribution in [0.2, 0.25) is 0 Å². The number of fused-ring (bicyclic) bond motifs is 1. The fraction of sp³-hybridized carbons (Fsp3) is 0.393. The van der Waals surface area contributed by atoms with E-state index in [9.17, 15) is 0 Å². The zero-order chi connectivity index (χ0) is 22.8. The van der Waals surface area contributed by atoms with Gasteiger partial charge in [-0.05, 0) is 80.4 Å². The molecular weight excluding hydrogens is 394 g/mol. The Morgan fingerprint density at radius 2 is 1.72 bits per heavy atom. The zero-order valence-corrected chi connectivity index (χ0v) is 19.4. The molecule has 1 saturated heterocycles. The normalized spacial score (nSPS) is 14.7. The summed E-state index contributed by atoms with van der Waals surface area (Å²) in [5.74, 6) is 0. The van der Waals surface area contributed by atoms with E-state index in [-0.39, 0.29) is 6.61 Å². The van der Waals surface area contributed by atoms with Crippen molar-refractivity contribution in [2.75, 3.05) is 33.3 Å². The minimum absolute atomic E-state index is 0.221. The van der Waals surface area contributed by atoms with Crippen molar-refractivity contribution in [3.8, 4) is 6.07 Å². The molecule has 1 fully saturated rings. The Hall–Kier alpha value is -2.71. The van der Waals surface area contributed by atoms with Crippen LogP contribution in [-0.2, 0) is 13.0 Å². The summed E-state index contributed by atoms with van der Waals surface area (Å²) in [5.41, 5.74) is 3.37. The van der Waals surface area contributed by atoms with Crippen molar-refractivity contribution in [3.05, 3.63) is 83.4 Å². The molecule has 0 aromatic heterocycles. The second-order valence-electron chi connectivity index (χ2n) is 8.73. The second-order valence-corrected chi connectivity index (χ2v) is 8.73. The number of likely N-dealkylation sites (N-methyl/N-ethyl adjacent to an activating group) is 1. The standard InChI is InChI=1S/C16H21NO.C12H14N2/c1-13(17(2)9-10-18)11-14-7-8-15-5-3-4-6-16(15)12-14;13-9-11-4-3-5-12(8-11)10-14-6-1-2-7-14/h3-8,12-13,18H,9-11H2,1-2H3;3-5,8H,1-2,6-7,10H2. The summed E-state index contributed by atoms with van der Waals surface area (Å²) in [6.45, 7) is 6.56. The summed E-state index contributed by atoms with van der Waals surface area (Å²) in [4.78, 5) is 4.63. The SMILES string of the molecule is CC(Cc1ccc2ccccc2c1)N(C)CCO.N#Cc1cccc(CN2CCCC2)c1. The van der Waals surface area contributed by atoms with Crippen LogP contribution in [0, 0.1) is 11.3 Å². The second kappa shape index (κ2) is 12.4. The molecule has 1 atom stereocenters. The highest BCUT2D eigenvalue weighted by atomic mass is 16.3. The van der Waals surface area contributed by atoms with E-state index in [0.717, 1.165) is 25.1 Å². The summed E-state index contributed by atoms with van der Waals surface area (Å²) in [6, 6.07) is 25.6. The summed E-state index contributed by atoms with van der Waals surface area (Å²) in [5, 5.41) is 20.3. The molecule has 1 unspecified atom stereocenters. The van der Waals surface area contributed by atoms with E-state index >= 15 is 0 Å². The van der Waals surface area contributed by atoms with Crippen molar-refractivity contribution in [3.63, 3.8) is 0 Å². The molecule has 4 rings (SSSR count). The lowest BCUT2D eigenvalue weighted by Crippen LogP contribution is -2.33. The smallest absolute Gasteiger partial charge is 0.0991 e. The molecule has 4 heteroatoms. The molecule has 0 radical (unpaired) electrons. The average Bonchev–Trinajstić information content (AvgIpc) is 3.33. The Morgan fingerprint density at radius 1 is 0.969 bits per heavy atom. The first-order chi connectivity index (χ1) is 15.6. The fourth-order valence-electron chi connectivity index (χ4n) is 4.18. The number of aliphatic hydroxyl groups excluding tert-OH is 1. The number of aliphatic hydroxyl groups is 1. The lowest BCUT2D eigenvalue weighted by Gasteiger charge is -2.23. The number of nitrogens with zero attached hydrogens (tertiary/aromatic N) is 3. The van der Waals surface area contributed by atoms with E-state index in [2.05, 4.69) is 78.4 Å². The molecule has 1 N–H and O–H groups in total. The van der Waals surface area contributed by atoms with Crippen LogP contribution in [0.5, 0.6) is 0 Å². The number of hydrogen-bond donors (Lipinski definition) is 1. The summed E-state index contributed by atoms with van der Waals surface area (Å²) in [6.07, 6.45) is 3.65. The fourth-order valence-corrected chi connectivity index (χ4v) is 4.18. The molecule has 0 amide bonds. The van der Waals surface area contributed by atoms with Gasteiger partial charge in [0.05, 0.1) is 18.2 Å². The number of likely N-dealkylation sites (tertiary alicyclic amines) is 1. The van der Waals surface area contributed by atoms with Crippen LogP contribution < -0.4 is 0 Å². The predicted molar refractivity (Wildman–Crippen MR) is 132 cm³/mol. The number of benzene rings is 3. The molecule has 3 aromatic carbocycles. The summed E-state index contributed by atoms with van der Waals surface area (Å²) in [7, 11) is 2.06. The van der Waals surface area contributed by atoms with Crippen molar-refractivity contribution in [1.82, 2.24) is 9.80 Å². The maximum absolute atomic E-state index is 8.95. The molecule has 168 valence electrons. The van der Waals surface area contributed by atoms with Crippen molar-refractivity contribution < 1.29 is 5.11 Å². The molecule has 1 heterocycles. The Kier molecular flexibility index (Phi) is 9.25. The first-order valence-corrected chi connectivity index (χ1v) is 11.6. The molecule has 0 aliphatic carbocycles. The molecule has 32 heavy (non-hydrogen) atoms. The van der Waals surface area contributed by atoms with E-state index in [1.807, 2.05) is 18.2 Å². The highest BCUT2D eigenvalue weighted by molar-refractivity contribution is 5.83. The Bertz CT molecular complexity index is 1020. The van der Waals surface area contributed by atoms with Gasteiger partial charge >= 0.3 is 0 Å². The molecule has 0 bridgehead atoms. The van der Waals surface area contributed by atoms with Crippen molar-refractivity contribution in [2.45, 2.75) is 38.8 Å². The molecule has 1 aliphatic rings. The van der Waals surface area contributed by atoms with Crippen LogP contribution in [0.15, 0.2) is 66.7 Å². The van der Waals surface area contributed by atoms with Gasteiger partial charge in [-0.15, -0.1) is 0 Å². The largest absolute Gasteiger partial charge is 0.395 e. The van der Waals surface area contributed by atoms with Gasteiger partial charge in [0, 0.05) is 19.1 Å². The van der Waals surface area contributed by atoms with E-state index in [4.69, 9.17) is 10.4 Å². The van der Waals surface area contributed by atoms with Crippen LogP contribution in [0.1, 0.15) is 36.5 Å². The van der Waals surface area contributed by atoms with Gasteiger partial charge in [0.15, 0.2) is 0 Å². The van der Waals surface area contributed by atoms with Gasteiger partial charge in [-0.2, -0.15) is 5.26 Å². The first kappa shape index (κ1) is 23.9. The predicted octanol–water partition coefficient (Wildman–Crippen LogP) is 4.85. The number of nitriles is 1. The molecular formula is C28H35N3O. The van der Waals surface area contributed by atoms with Crippen LogP contribution >= 0.6 is 0 Å². The van der Waals surface area contributed by atoms with E-state index in [0.29, 0.717) is 6.04 Å². The van der Waals surface area contributed by atoms with Crippen molar-refractivity contribution in [1.29, 1.82) is 5.26 Å². The van der Waals surface area contributed by atoms with Gasteiger partial charge in [-0.1, -0.05) is 54.6 Å². The van der Waals surface area contributed by atoms with Crippen LogP contribution in [0.4, 0.5) is 0 Å². The first-order valence-electron chi connectivity index (χ1n) is 11.6. The lowest BCUT2D eigenvalue weighted by molar-refractivity contribution is 0.187. The Labute approximate surface area is 192 Å². The van der Waals surface area contributed by atoms with Gasteiger partial charge < -0.3 is 10.0 Å². The maximum atomic E-state index is 8.95. The van der Waals surface area contributed by atoms with E-state index in [1.165, 1.54) is 47.8 Å². The van der Waals surface area contributed by atoms with Crippen molar-refractivity contribution in [2.24, 2.45) is 0 Å². The zero-order valence-electron chi connectivity index (χ0n) is 19.4. The monoisotopic (exact) mass is 429 g/mol. The minimum Gasteiger partial charge on any atom is -0.395 e. The summed E-state index contributed by atoms with van der Waals surface area (Å²) >= 11 is 0. The van der Waals surface area contributed by atoms with E-state index in [1.54, 1.807) is 0 Å². The quantitative estimate of drug-likeness (QED) is 0.583. The molecule has 4 nitrogen and oxygen atoms in total. The van der Waals surface area contributed by atoms with Gasteiger partial charge in [0.1, 0.15) is 0 Å². The van der Waals surface area contributed by atoms with E-state index < -0.39 is 0 Å².